The number of thiophene rings is 1. The maximum atomic E-state index is 12.3. The van der Waals surface area contributed by atoms with Crippen molar-refractivity contribution >= 4 is 49.9 Å². The van der Waals surface area contributed by atoms with Gasteiger partial charge in [0.15, 0.2) is 11.7 Å². The van der Waals surface area contributed by atoms with E-state index < -0.39 is 5.97 Å². The third kappa shape index (κ3) is 4.10. The lowest BCUT2D eigenvalue weighted by Crippen LogP contribution is -2.20. The molecule has 7 heteroatoms. The minimum Gasteiger partial charge on any atom is -0.451 e. The standard InChI is InChI=1S/C21H22N2O3S2/c1-12-8-13(2)19-16(9-12)28-21(23-19)22-18(24)11-26-20(25)17-10-14-6-4-3-5-7-15(14)27-17/h8-10H,3-7,11H2,1-2H3,(H,22,23,24). The van der Waals surface area contributed by atoms with Gasteiger partial charge in [0.2, 0.25) is 0 Å². The molecule has 0 atom stereocenters. The number of ether oxygens (including phenoxy) is 1. The van der Waals surface area contributed by atoms with Crippen LogP contribution in [-0.2, 0) is 22.4 Å². The van der Waals surface area contributed by atoms with Crippen LogP contribution in [0.1, 0.15) is 50.5 Å². The van der Waals surface area contributed by atoms with E-state index in [1.165, 1.54) is 52.4 Å². The highest BCUT2D eigenvalue weighted by Gasteiger charge is 2.18. The van der Waals surface area contributed by atoms with Gasteiger partial charge in [-0.05, 0) is 68.4 Å². The first-order valence-corrected chi connectivity index (χ1v) is 11.1. The van der Waals surface area contributed by atoms with Crippen LogP contribution in [0.5, 0.6) is 0 Å². The Morgan fingerprint density at radius 2 is 1.93 bits per heavy atom. The SMILES string of the molecule is Cc1cc(C)c2nc(NC(=O)COC(=O)c3cc4c(s3)CCCCC4)sc2c1. The van der Waals surface area contributed by atoms with Gasteiger partial charge in [-0.1, -0.05) is 23.8 Å². The van der Waals surface area contributed by atoms with Crippen molar-refractivity contribution in [2.24, 2.45) is 0 Å². The lowest BCUT2D eigenvalue weighted by molar-refractivity contribution is -0.119. The number of carbonyl (C=O) groups is 2. The lowest BCUT2D eigenvalue weighted by atomic mass is 10.1. The van der Waals surface area contributed by atoms with E-state index in [4.69, 9.17) is 4.74 Å². The largest absolute Gasteiger partial charge is 0.451 e. The Hall–Kier alpha value is -2.25. The van der Waals surface area contributed by atoms with E-state index in [2.05, 4.69) is 22.4 Å². The second-order valence-corrected chi connectivity index (χ2v) is 9.36. The highest BCUT2D eigenvalue weighted by Crippen LogP contribution is 2.30. The van der Waals surface area contributed by atoms with Gasteiger partial charge >= 0.3 is 5.97 Å². The van der Waals surface area contributed by atoms with Crippen molar-refractivity contribution in [1.29, 1.82) is 0 Å². The molecule has 0 bridgehead atoms. The number of nitrogens with zero attached hydrogens (tertiary/aromatic N) is 1. The van der Waals surface area contributed by atoms with E-state index in [0.29, 0.717) is 10.0 Å². The zero-order valence-corrected chi connectivity index (χ0v) is 17.6. The van der Waals surface area contributed by atoms with E-state index >= 15 is 0 Å². The molecule has 1 aliphatic rings. The topological polar surface area (TPSA) is 68.3 Å². The highest BCUT2D eigenvalue weighted by atomic mass is 32.1. The average molecular weight is 415 g/mol. The molecule has 2 heterocycles. The molecule has 0 aliphatic heterocycles. The molecule has 1 amide bonds. The summed E-state index contributed by atoms with van der Waals surface area (Å²) in [5, 5.41) is 3.26. The van der Waals surface area contributed by atoms with Crippen LogP contribution in [0.4, 0.5) is 5.13 Å². The molecule has 0 saturated heterocycles. The molecule has 1 N–H and O–H groups in total. The van der Waals surface area contributed by atoms with Crippen molar-refractivity contribution in [1.82, 2.24) is 4.98 Å². The molecule has 146 valence electrons. The predicted molar refractivity (Wildman–Crippen MR) is 114 cm³/mol. The van der Waals surface area contributed by atoms with Gasteiger partial charge in [-0.25, -0.2) is 9.78 Å². The minimum atomic E-state index is -0.427. The Kier molecular flexibility index (Phi) is 5.46. The number of hydrogen-bond acceptors (Lipinski definition) is 6. The summed E-state index contributed by atoms with van der Waals surface area (Å²) in [4.78, 5) is 30.9. The van der Waals surface area contributed by atoms with Crippen molar-refractivity contribution < 1.29 is 14.3 Å². The number of rotatable bonds is 4. The van der Waals surface area contributed by atoms with Gasteiger partial charge < -0.3 is 4.74 Å². The van der Waals surface area contributed by atoms with Gasteiger partial charge in [-0.3, -0.25) is 10.1 Å². The van der Waals surface area contributed by atoms with Crippen molar-refractivity contribution in [3.05, 3.63) is 44.6 Å². The van der Waals surface area contributed by atoms with Crippen LogP contribution in [0, 0.1) is 13.8 Å². The minimum absolute atomic E-state index is 0.310. The quantitative estimate of drug-likeness (QED) is 0.480. The molecule has 28 heavy (non-hydrogen) atoms. The fourth-order valence-corrected chi connectivity index (χ4v) is 5.76. The number of benzene rings is 1. The van der Waals surface area contributed by atoms with Crippen LogP contribution in [0.2, 0.25) is 0 Å². The van der Waals surface area contributed by atoms with Crippen molar-refractivity contribution in [2.75, 3.05) is 11.9 Å². The predicted octanol–water partition coefficient (Wildman–Crippen LogP) is 5.04. The number of fused-ring (bicyclic) bond motifs is 2. The summed E-state index contributed by atoms with van der Waals surface area (Å²) in [5.74, 6) is -0.802. The molecule has 4 rings (SSSR count). The second-order valence-electron chi connectivity index (χ2n) is 7.19. The summed E-state index contributed by atoms with van der Waals surface area (Å²) in [6, 6.07) is 6.05. The van der Waals surface area contributed by atoms with Gasteiger partial charge in [-0.15, -0.1) is 11.3 Å². The normalized spacial score (nSPS) is 13.8. The van der Waals surface area contributed by atoms with Crippen LogP contribution >= 0.6 is 22.7 Å². The Morgan fingerprint density at radius 3 is 2.79 bits per heavy atom. The third-order valence-corrected chi connectivity index (χ3v) is 6.99. The van der Waals surface area contributed by atoms with Gasteiger partial charge in [0.1, 0.15) is 4.88 Å². The Labute approximate surface area is 171 Å². The Balaban J connectivity index is 1.37. The second kappa shape index (κ2) is 8.01. The van der Waals surface area contributed by atoms with Crippen LogP contribution in [0.25, 0.3) is 10.2 Å². The summed E-state index contributed by atoms with van der Waals surface area (Å²) in [5.41, 5.74) is 4.40. The van der Waals surface area contributed by atoms with Gasteiger partial charge in [0.05, 0.1) is 10.2 Å². The van der Waals surface area contributed by atoms with Crippen molar-refractivity contribution in [3.8, 4) is 0 Å². The lowest BCUT2D eigenvalue weighted by Gasteiger charge is -2.03. The highest BCUT2D eigenvalue weighted by molar-refractivity contribution is 7.22. The monoisotopic (exact) mass is 414 g/mol. The number of amides is 1. The first kappa shape index (κ1) is 19.1. The van der Waals surface area contributed by atoms with Crippen LogP contribution in [-0.4, -0.2) is 23.5 Å². The Morgan fingerprint density at radius 1 is 1.11 bits per heavy atom. The molecule has 0 spiro atoms. The van der Waals surface area contributed by atoms with E-state index in [9.17, 15) is 9.59 Å². The van der Waals surface area contributed by atoms with Gasteiger partial charge in [0.25, 0.3) is 5.91 Å². The first-order chi connectivity index (χ1) is 13.5. The molecule has 2 aromatic heterocycles. The van der Waals surface area contributed by atoms with E-state index in [1.54, 1.807) is 0 Å². The van der Waals surface area contributed by atoms with Gasteiger partial charge in [-0.2, -0.15) is 0 Å². The number of hydrogen-bond donors (Lipinski definition) is 1. The molecule has 0 radical (unpaired) electrons. The molecular weight excluding hydrogens is 392 g/mol. The average Bonchev–Trinajstić information content (AvgIpc) is 3.17. The fourth-order valence-electron chi connectivity index (χ4n) is 3.55. The number of esters is 1. The number of aryl methyl sites for hydroxylation is 4. The van der Waals surface area contributed by atoms with E-state index in [0.717, 1.165) is 34.2 Å². The molecular formula is C21H22N2O3S2. The third-order valence-electron chi connectivity index (χ3n) is 4.86. The number of carbonyl (C=O) groups excluding carboxylic acids is 2. The van der Waals surface area contributed by atoms with Crippen molar-refractivity contribution in [2.45, 2.75) is 46.0 Å². The number of nitrogens with one attached hydrogen (secondary N) is 1. The summed E-state index contributed by atoms with van der Waals surface area (Å²) >= 11 is 2.93. The summed E-state index contributed by atoms with van der Waals surface area (Å²) in [7, 11) is 0. The summed E-state index contributed by atoms with van der Waals surface area (Å²) < 4.78 is 6.26. The molecule has 0 saturated carbocycles. The van der Waals surface area contributed by atoms with Crippen LogP contribution in [0.15, 0.2) is 18.2 Å². The number of thiazole rings is 1. The van der Waals surface area contributed by atoms with Crippen LogP contribution < -0.4 is 5.32 Å². The molecule has 1 aliphatic carbocycles. The molecule has 0 unspecified atom stereocenters. The van der Waals surface area contributed by atoms with Crippen LogP contribution in [0.3, 0.4) is 0 Å². The Bertz CT molecular complexity index is 1030. The summed E-state index contributed by atoms with van der Waals surface area (Å²) in [6.07, 6.45) is 5.64. The van der Waals surface area contributed by atoms with E-state index in [1.807, 2.05) is 19.9 Å². The zero-order valence-electron chi connectivity index (χ0n) is 16.0. The molecule has 0 fully saturated rings. The molecule has 3 aromatic rings. The smallest absolute Gasteiger partial charge is 0.348 e. The van der Waals surface area contributed by atoms with Gasteiger partial charge in [0, 0.05) is 4.88 Å². The zero-order chi connectivity index (χ0) is 19.7. The molecule has 5 nitrogen and oxygen atoms in total. The molecule has 1 aromatic carbocycles. The number of anilines is 1. The number of aromatic nitrogens is 1. The van der Waals surface area contributed by atoms with Crippen molar-refractivity contribution in [3.63, 3.8) is 0 Å². The first-order valence-electron chi connectivity index (χ1n) is 9.46. The summed E-state index contributed by atoms with van der Waals surface area (Å²) in [6.45, 7) is 3.73. The maximum Gasteiger partial charge on any atom is 0.348 e. The van der Waals surface area contributed by atoms with E-state index in [-0.39, 0.29) is 12.5 Å². The fraction of sp³-hybridized carbons (Fsp3) is 0.381. The maximum absolute atomic E-state index is 12.3.